The average molecular weight is 334 g/mol. The van der Waals surface area contributed by atoms with E-state index in [1.807, 2.05) is 26.8 Å². The Labute approximate surface area is 144 Å². The zero-order valence-corrected chi connectivity index (χ0v) is 15.2. The third kappa shape index (κ3) is 4.81. The molecule has 1 aliphatic carbocycles. The summed E-state index contributed by atoms with van der Waals surface area (Å²) in [6, 6.07) is 0. The third-order valence-electron chi connectivity index (χ3n) is 5.10. The standard InChI is InChI=1S/C20H30O4/c1-14(2)20(23)9-7-16-13-17(24-18(16)21)12-15(3)6-5-8-19(4,22)10-11-20/h6,10-11,13-14,17,22-23H,5,7-9,12H2,1-4H3/t17-,19+,20+/m0/s1. The fourth-order valence-corrected chi connectivity index (χ4v) is 3.14. The Morgan fingerprint density at radius 2 is 1.96 bits per heavy atom. The van der Waals surface area contributed by atoms with Gasteiger partial charge in [0.15, 0.2) is 0 Å². The van der Waals surface area contributed by atoms with Gasteiger partial charge >= 0.3 is 5.97 Å². The van der Waals surface area contributed by atoms with Gasteiger partial charge in [-0.05, 0) is 51.5 Å². The van der Waals surface area contributed by atoms with Gasteiger partial charge in [0.05, 0.1) is 11.2 Å². The van der Waals surface area contributed by atoms with E-state index < -0.39 is 11.2 Å². The van der Waals surface area contributed by atoms with Gasteiger partial charge in [0.1, 0.15) is 6.10 Å². The van der Waals surface area contributed by atoms with E-state index in [1.165, 1.54) is 0 Å². The maximum absolute atomic E-state index is 12.0. The molecule has 0 saturated carbocycles. The van der Waals surface area contributed by atoms with E-state index in [-0.39, 0.29) is 18.0 Å². The largest absolute Gasteiger partial charge is 0.454 e. The Kier molecular flexibility index (Phi) is 5.71. The van der Waals surface area contributed by atoms with Gasteiger partial charge in [-0.3, -0.25) is 0 Å². The van der Waals surface area contributed by atoms with Crippen LogP contribution in [0.15, 0.2) is 35.5 Å². The second-order valence-corrected chi connectivity index (χ2v) is 7.77. The van der Waals surface area contributed by atoms with Crippen LogP contribution < -0.4 is 0 Å². The van der Waals surface area contributed by atoms with Crippen LogP contribution in [0, 0.1) is 5.92 Å². The summed E-state index contributed by atoms with van der Waals surface area (Å²) in [4.78, 5) is 12.0. The lowest BCUT2D eigenvalue weighted by atomic mass is 9.82. The summed E-state index contributed by atoms with van der Waals surface area (Å²) in [6.45, 7) is 7.67. The van der Waals surface area contributed by atoms with Crippen LogP contribution in [0.2, 0.25) is 0 Å². The third-order valence-corrected chi connectivity index (χ3v) is 5.10. The van der Waals surface area contributed by atoms with Crippen LogP contribution in [0.25, 0.3) is 0 Å². The highest BCUT2D eigenvalue weighted by atomic mass is 16.5. The molecule has 4 heteroatoms. The second kappa shape index (κ2) is 7.24. The molecule has 2 aliphatic rings. The van der Waals surface area contributed by atoms with Gasteiger partial charge in [-0.25, -0.2) is 4.79 Å². The lowest BCUT2D eigenvalue weighted by Crippen LogP contribution is -2.34. The number of fused-ring (bicyclic) bond motifs is 1. The molecule has 0 amide bonds. The van der Waals surface area contributed by atoms with E-state index in [1.54, 1.807) is 19.1 Å². The van der Waals surface area contributed by atoms with Crippen LogP contribution >= 0.6 is 0 Å². The Hall–Kier alpha value is -1.39. The van der Waals surface area contributed by atoms with Crippen molar-refractivity contribution in [3.63, 3.8) is 0 Å². The fourth-order valence-electron chi connectivity index (χ4n) is 3.14. The van der Waals surface area contributed by atoms with Crippen LogP contribution in [0.4, 0.5) is 0 Å². The number of ether oxygens (including phenoxy) is 1. The molecule has 0 aromatic heterocycles. The highest BCUT2D eigenvalue weighted by Gasteiger charge is 2.32. The van der Waals surface area contributed by atoms with Gasteiger partial charge in [-0.15, -0.1) is 0 Å². The number of allylic oxidation sites excluding steroid dienone is 1. The molecule has 0 aromatic carbocycles. The molecule has 1 heterocycles. The van der Waals surface area contributed by atoms with Crippen LogP contribution in [-0.4, -0.2) is 33.5 Å². The predicted octanol–water partition coefficient (Wildman–Crippen LogP) is 3.44. The number of hydrogen-bond acceptors (Lipinski definition) is 4. The molecule has 0 saturated heterocycles. The van der Waals surface area contributed by atoms with Gasteiger partial charge in [-0.1, -0.05) is 37.6 Å². The van der Waals surface area contributed by atoms with Crippen LogP contribution in [0.5, 0.6) is 0 Å². The van der Waals surface area contributed by atoms with Crippen molar-refractivity contribution < 1.29 is 19.7 Å². The maximum Gasteiger partial charge on any atom is 0.334 e. The molecule has 0 radical (unpaired) electrons. The molecule has 0 spiro atoms. The fraction of sp³-hybridized carbons (Fsp3) is 0.650. The van der Waals surface area contributed by atoms with Crippen molar-refractivity contribution in [2.45, 2.75) is 77.1 Å². The molecular formula is C20H30O4. The Morgan fingerprint density at radius 3 is 2.62 bits per heavy atom. The highest BCUT2D eigenvalue weighted by Crippen LogP contribution is 2.31. The lowest BCUT2D eigenvalue weighted by molar-refractivity contribution is -0.139. The Morgan fingerprint density at radius 1 is 1.25 bits per heavy atom. The molecule has 24 heavy (non-hydrogen) atoms. The van der Waals surface area contributed by atoms with Crippen molar-refractivity contribution in [2.75, 3.05) is 0 Å². The summed E-state index contributed by atoms with van der Waals surface area (Å²) in [5.74, 6) is -0.293. The summed E-state index contributed by atoms with van der Waals surface area (Å²) in [7, 11) is 0. The molecule has 0 fully saturated rings. The molecule has 1 aliphatic heterocycles. The predicted molar refractivity (Wildman–Crippen MR) is 94.4 cm³/mol. The monoisotopic (exact) mass is 334 g/mol. The van der Waals surface area contributed by atoms with E-state index in [2.05, 4.69) is 6.08 Å². The van der Waals surface area contributed by atoms with Gasteiger partial charge in [0.25, 0.3) is 0 Å². The molecule has 4 nitrogen and oxygen atoms in total. The van der Waals surface area contributed by atoms with Gasteiger partial charge in [0.2, 0.25) is 0 Å². The first-order valence-corrected chi connectivity index (χ1v) is 8.84. The molecular weight excluding hydrogens is 304 g/mol. The number of esters is 1. The van der Waals surface area contributed by atoms with E-state index in [0.29, 0.717) is 31.3 Å². The average Bonchev–Trinajstić information content (AvgIpc) is 2.81. The van der Waals surface area contributed by atoms with Crippen molar-refractivity contribution in [2.24, 2.45) is 5.92 Å². The summed E-state index contributed by atoms with van der Waals surface area (Å²) in [5, 5.41) is 21.5. The van der Waals surface area contributed by atoms with Crippen molar-refractivity contribution in [1.29, 1.82) is 0 Å². The molecule has 2 N–H and O–H groups in total. The maximum atomic E-state index is 12.0. The van der Waals surface area contributed by atoms with E-state index in [9.17, 15) is 15.0 Å². The quantitative estimate of drug-likeness (QED) is 0.569. The highest BCUT2D eigenvalue weighted by molar-refractivity contribution is 5.90. The van der Waals surface area contributed by atoms with E-state index in [0.717, 1.165) is 12.0 Å². The van der Waals surface area contributed by atoms with Crippen molar-refractivity contribution >= 4 is 5.97 Å². The minimum absolute atomic E-state index is 0.0200. The van der Waals surface area contributed by atoms with Crippen molar-refractivity contribution in [1.82, 2.24) is 0 Å². The molecule has 3 atom stereocenters. The van der Waals surface area contributed by atoms with Gasteiger partial charge in [-0.2, -0.15) is 0 Å². The summed E-state index contributed by atoms with van der Waals surface area (Å²) >= 11 is 0. The van der Waals surface area contributed by atoms with Gasteiger partial charge < -0.3 is 14.9 Å². The lowest BCUT2D eigenvalue weighted by Gasteiger charge is -2.30. The normalized spacial score (nSPS) is 35.3. The zero-order chi connectivity index (χ0) is 18.0. The van der Waals surface area contributed by atoms with Crippen molar-refractivity contribution in [3.05, 3.63) is 35.5 Å². The molecule has 2 bridgehead atoms. The topological polar surface area (TPSA) is 66.8 Å². The van der Waals surface area contributed by atoms with Crippen LogP contribution in [-0.2, 0) is 9.53 Å². The van der Waals surface area contributed by atoms with E-state index in [4.69, 9.17) is 4.74 Å². The molecule has 0 unspecified atom stereocenters. The molecule has 134 valence electrons. The number of hydrogen-bond donors (Lipinski definition) is 2. The smallest absolute Gasteiger partial charge is 0.334 e. The molecule has 2 rings (SSSR count). The van der Waals surface area contributed by atoms with E-state index >= 15 is 0 Å². The van der Waals surface area contributed by atoms with Gasteiger partial charge in [0, 0.05) is 12.0 Å². The summed E-state index contributed by atoms with van der Waals surface area (Å²) in [5.41, 5.74) is -0.224. The SMILES string of the molecule is CC1=CCC[C@@](C)(O)C=C[C@@](O)(C(C)C)CCC2=C[C@H](C1)OC2=O. The van der Waals surface area contributed by atoms with Crippen molar-refractivity contribution in [3.8, 4) is 0 Å². The minimum atomic E-state index is -1.06. The first-order chi connectivity index (χ1) is 11.1. The number of rotatable bonds is 1. The minimum Gasteiger partial charge on any atom is -0.454 e. The molecule has 0 aromatic rings. The van der Waals surface area contributed by atoms with Crippen LogP contribution in [0.3, 0.4) is 0 Å². The first kappa shape index (κ1) is 18.9. The first-order valence-electron chi connectivity index (χ1n) is 8.84. The Balaban J connectivity index is 2.30. The number of aliphatic hydroxyl groups is 2. The number of carbonyl (C=O) groups is 1. The zero-order valence-electron chi connectivity index (χ0n) is 15.2. The second-order valence-electron chi connectivity index (χ2n) is 7.77. The van der Waals surface area contributed by atoms with Crippen LogP contribution in [0.1, 0.15) is 59.8 Å². The number of carbonyl (C=O) groups excluding carboxylic acids is 1. The summed E-state index contributed by atoms with van der Waals surface area (Å²) in [6.07, 6.45) is 10.1. The Bertz CT molecular complexity index is 568. The summed E-state index contributed by atoms with van der Waals surface area (Å²) < 4.78 is 5.42.